The SMILES string of the molecule is CCOc1cncc(C(C)(O)C(C)CC)c1. The molecule has 3 nitrogen and oxygen atoms in total. The third-order valence-corrected chi connectivity index (χ3v) is 3.18. The Balaban J connectivity index is 2.98. The van der Waals surface area contributed by atoms with E-state index in [9.17, 15) is 5.11 Å². The average molecular weight is 223 g/mol. The van der Waals surface area contributed by atoms with Gasteiger partial charge in [0.15, 0.2) is 0 Å². The van der Waals surface area contributed by atoms with Crippen molar-refractivity contribution in [2.75, 3.05) is 6.61 Å². The molecule has 0 bridgehead atoms. The molecule has 0 aliphatic heterocycles. The highest BCUT2D eigenvalue weighted by molar-refractivity contribution is 5.28. The Kier molecular flexibility index (Phi) is 4.30. The van der Waals surface area contributed by atoms with Gasteiger partial charge in [-0.05, 0) is 25.8 Å². The first kappa shape index (κ1) is 13.0. The Labute approximate surface area is 97.5 Å². The normalized spacial score (nSPS) is 16.6. The summed E-state index contributed by atoms with van der Waals surface area (Å²) in [5, 5.41) is 10.5. The molecule has 0 saturated carbocycles. The van der Waals surface area contributed by atoms with Crippen molar-refractivity contribution in [1.82, 2.24) is 4.98 Å². The van der Waals surface area contributed by atoms with Crippen molar-refractivity contribution >= 4 is 0 Å². The lowest BCUT2D eigenvalue weighted by molar-refractivity contribution is -0.000502. The molecule has 0 fully saturated rings. The lowest BCUT2D eigenvalue weighted by atomic mass is 9.83. The third kappa shape index (κ3) is 2.73. The zero-order valence-corrected chi connectivity index (χ0v) is 10.5. The molecule has 0 radical (unpaired) electrons. The average Bonchev–Trinajstić information content (AvgIpc) is 2.28. The van der Waals surface area contributed by atoms with Gasteiger partial charge in [-0.25, -0.2) is 0 Å². The van der Waals surface area contributed by atoms with Gasteiger partial charge in [0.1, 0.15) is 5.75 Å². The second kappa shape index (κ2) is 5.30. The Morgan fingerprint density at radius 3 is 2.69 bits per heavy atom. The lowest BCUT2D eigenvalue weighted by Gasteiger charge is -2.30. The fourth-order valence-electron chi connectivity index (χ4n) is 1.62. The molecule has 1 aromatic heterocycles. The van der Waals surface area contributed by atoms with E-state index in [1.807, 2.05) is 26.8 Å². The molecule has 1 N–H and O–H groups in total. The fraction of sp³-hybridized carbons (Fsp3) is 0.615. The summed E-state index contributed by atoms with van der Waals surface area (Å²) in [5.74, 6) is 0.898. The zero-order valence-electron chi connectivity index (χ0n) is 10.5. The molecule has 0 spiro atoms. The van der Waals surface area contributed by atoms with Crippen molar-refractivity contribution in [3.05, 3.63) is 24.0 Å². The van der Waals surface area contributed by atoms with E-state index in [0.717, 1.165) is 12.0 Å². The van der Waals surface area contributed by atoms with Gasteiger partial charge in [0.2, 0.25) is 0 Å². The molecular weight excluding hydrogens is 202 g/mol. The maximum atomic E-state index is 10.5. The highest BCUT2D eigenvalue weighted by atomic mass is 16.5. The lowest BCUT2D eigenvalue weighted by Crippen LogP contribution is -2.29. The topological polar surface area (TPSA) is 42.4 Å². The Hall–Kier alpha value is -1.09. The van der Waals surface area contributed by atoms with Crippen molar-refractivity contribution in [2.24, 2.45) is 5.92 Å². The first-order valence-electron chi connectivity index (χ1n) is 5.83. The number of pyridine rings is 1. The first-order valence-corrected chi connectivity index (χ1v) is 5.83. The van der Waals surface area contributed by atoms with Crippen LogP contribution < -0.4 is 4.74 Å². The van der Waals surface area contributed by atoms with Gasteiger partial charge in [-0.15, -0.1) is 0 Å². The highest BCUT2D eigenvalue weighted by Crippen LogP contribution is 2.32. The summed E-state index contributed by atoms with van der Waals surface area (Å²) >= 11 is 0. The molecule has 2 unspecified atom stereocenters. The second-order valence-electron chi connectivity index (χ2n) is 4.30. The van der Waals surface area contributed by atoms with E-state index in [4.69, 9.17) is 4.74 Å². The minimum Gasteiger partial charge on any atom is -0.492 e. The summed E-state index contributed by atoms with van der Waals surface area (Å²) in [6, 6.07) is 1.86. The van der Waals surface area contributed by atoms with E-state index >= 15 is 0 Å². The van der Waals surface area contributed by atoms with Gasteiger partial charge in [-0.3, -0.25) is 4.98 Å². The fourth-order valence-corrected chi connectivity index (χ4v) is 1.62. The number of hydrogen-bond acceptors (Lipinski definition) is 3. The van der Waals surface area contributed by atoms with Crippen LogP contribution in [0.2, 0.25) is 0 Å². The van der Waals surface area contributed by atoms with Crippen LogP contribution in [0, 0.1) is 5.92 Å². The zero-order chi connectivity index (χ0) is 12.2. The standard InChI is InChI=1S/C13H21NO2/c1-5-10(3)13(4,15)11-7-12(16-6-2)9-14-8-11/h7-10,15H,5-6H2,1-4H3. The number of aliphatic hydroxyl groups is 1. The minimum atomic E-state index is -0.852. The molecule has 3 heteroatoms. The number of aromatic nitrogens is 1. The molecule has 0 aliphatic rings. The van der Waals surface area contributed by atoms with E-state index in [2.05, 4.69) is 11.9 Å². The van der Waals surface area contributed by atoms with Gasteiger partial charge in [0.05, 0.1) is 18.4 Å². The van der Waals surface area contributed by atoms with Gasteiger partial charge in [-0.2, -0.15) is 0 Å². The molecular formula is C13H21NO2. The summed E-state index contributed by atoms with van der Waals surface area (Å²) in [4.78, 5) is 4.10. The molecule has 0 amide bonds. The molecule has 1 rings (SSSR count). The summed E-state index contributed by atoms with van der Waals surface area (Å²) in [6.07, 6.45) is 4.29. The summed E-state index contributed by atoms with van der Waals surface area (Å²) in [6.45, 7) is 8.47. The number of hydrogen-bond donors (Lipinski definition) is 1. The maximum Gasteiger partial charge on any atom is 0.137 e. The van der Waals surface area contributed by atoms with E-state index in [0.29, 0.717) is 12.4 Å². The third-order valence-electron chi connectivity index (χ3n) is 3.18. The van der Waals surface area contributed by atoms with Crippen LogP contribution in [0.1, 0.15) is 39.7 Å². The molecule has 0 aliphatic carbocycles. The van der Waals surface area contributed by atoms with Crippen molar-refractivity contribution < 1.29 is 9.84 Å². The Morgan fingerprint density at radius 1 is 1.44 bits per heavy atom. The van der Waals surface area contributed by atoms with Gasteiger partial charge in [0, 0.05) is 11.8 Å². The largest absolute Gasteiger partial charge is 0.492 e. The number of ether oxygens (including phenoxy) is 1. The first-order chi connectivity index (χ1) is 7.52. The van der Waals surface area contributed by atoms with E-state index < -0.39 is 5.60 Å². The van der Waals surface area contributed by atoms with Crippen LogP contribution in [-0.2, 0) is 5.60 Å². The smallest absolute Gasteiger partial charge is 0.137 e. The molecule has 0 aromatic carbocycles. The highest BCUT2D eigenvalue weighted by Gasteiger charge is 2.29. The van der Waals surface area contributed by atoms with Gasteiger partial charge >= 0.3 is 0 Å². The minimum absolute atomic E-state index is 0.186. The maximum absolute atomic E-state index is 10.5. The van der Waals surface area contributed by atoms with E-state index in [1.54, 1.807) is 12.4 Å². The van der Waals surface area contributed by atoms with E-state index in [-0.39, 0.29) is 5.92 Å². The van der Waals surface area contributed by atoms with Crippen LogP contribution >= 0.6 is 0 Å². The molecule has 16 heavy (non-hydrogen) atoms. The molecule has 1 heterocycles. The summed E-state index contributed by atoms with van der Waals surface area (Å²) in [5.41, 5.74) is -0.0395. The van der Waals surface area contributed by atoms with E-state index in [1.165, 1.54) is 0 Å². The van der Waals surface area contributed by atoms with Crippen LogP contribution in [0.25, 0.3) is 0 Å². The predicted octanol–water partition coefficient (Wildman–Crippen LogP) is 2.73. The molecule has 90 valence electrons. The molecule has 2 atom stereocenters. The van der Waals surface area contributed by atoms with Crippen molar-refractivity contribution in [1.29, 1.82) is 0 Å². The number of nitrogens with zero attached hydrogens (tertiary/aromatic N) is 1. The quantitative estimate of drug-likeness (QED) is 0.834. The molecule has 1 aromatic rings. The Morgan fingerprint density at radius 2 is 2.12 bits per heavy atom. The van der Waals surface area contributed by atoms with Crippen molar-refractivity contribution in [3.63, 3.8) is 0 Å². The van der Waals surface area contributed by atoms with Crippen molar-refractivity contribution in [3.8, 4) is 5.75 Å². The Bertz CT molecular complexity index is 336. The van der Waals surface area contributed by atoms with Gasteiger partial charge in [0.25, 0.3) is 0 Å². The van der Waals surface area contributed by atoms with Crippen LogP contribution in [0.4, 0.5) is 0 Å². The number of rotatable bonds is 5. The predicted molar refractivity (Wildman–Crippen MR) is 64.4 cm³/mol. The van der Waals surface area contributed by atoms with Crippen LogP contribution in [0.15, 0.2) is 18.5 Å². The molecule has 0 saturated heterocycles. The van der Waals surface area contributed by atoms with Gasteiger partial charge in [-0.1, -0.05) is 20.3 Å². The monoisotopic (exact) mass is 223 g/mol. The van der Waals surface area contributed by atoms with Crippen LogP contribution in [0.3, 0.4) is 0 Å². The van der Waals surface area contributed by atoms with Gasteiger partial charge < -0.3 is 9.84 Å². The van der Waals surface area contributed by atoms with Crippen LogP contribution in [0.5, 0.6) is 5.75 Å². The second-order valence-corrected chi connectivity index (χ2v) is 4.30. The summed E-state index contributed by atoms with van der Waals surface area (Å²) in [7, 11) is 0. The summed E-state index contributed by atoms with van der Waals surface area (Å²) < 4.78 is 5.38. The van der Waals surface area contributed by atoms with Crippen molar-refractivity contribution in [2.45, 2.75) is 39.7 Å². The van der Waals surface area contributed by atoms with Crippen LogP contribution in [-0.4, -0.2) is 16.7 Å².